The fourth-order valence-corrected chi connectivity index (χ4v) is 4.04. The number of ketones is 1. The quantitative estimate of drug-likeness (QED) is 0.457. The van der Waals surface area contributed by atoms with Crippen molar-refractivity contribution in [1.29, 1.82) is 0 Å². The molecule has 4 aromatic rings. The lowest BCUT2D eigenvalue weighted by molar-refractivity contribution is 0.0991. The standard InChI is InChI=1S/C24H25N7O/c1-31-15-19(12-29-31)17-6-16-7-21(27-14-23(16)28-11-17)9-24(32)18-8-22(13-26-10-18)30-20-2-4-25-5-3-20/h6-8,10-15,20,25,30H,2-5,9H2,1H3. The molecule has 1 saturated heterocycles. The third kappa shape index (κ3) is 4.50. The summed E-state index contributed by atoms with van der Waals surface area (Å²) < 4.78 is 1.76. The molecule has 1 aliphatic rings. The van der Waals surface area contributed by atoms with Crippen molar-refractivity contribution in [3.8, 4) is 11.1 Å². The number of aromatic nitrogens is 5. The maximum Gasteiger partial charge on any atom is 0.170 e. The monoisotopic (exact) mass is 427 g/mol. The summed E-state index contributed by atoms with van der Waals surface area (Å²) in [7, 11) is 1.89. The van der Waals surface area contributed by atoms with Crippen LogP contribution in [0.4, 0.5) is 5.69 Å². The van der Waals surface area contributed by atoms with Gasteiger partial charge in [-0.15, -0.1) is 0 Å². The van der Waals surface area contributed by atoms with Crippen molar-refractivity contribution in [2.24, 2.45) is 7.05 Å². The molecule has 8 heteroatoms. The Bertz CT molecular complexity index is 1260. The number of rotatable bonds is 6. The van der Waals surface area contributed by atoms with Crippen LogP contribution in [0.2, 0.25) is 0 Å². The SMILES string of the molecule is Cn1cc(-c2cnc3cnc(CC(=O)c4cncc(NC5CCNCC5)c4)cc3c2)cn1. The topological polar surface area (TPSA) is 97.6 Å². The molecule has 0 aliphatic carbocycles. The van der Waals surface area contributed by atoms with Crippen LogP contribution in [0, 0.1) is 0 Å². The van der Waals surface area contributed by atoms with Gasteiger partial charge in [0.25, 0.3) is 0 Å². The van der Waals surface area contributed by atoms with Crippen molar-refractivity contribution >= 4 is 22.4 Å². The molecular weight excluding hydrogens is 402 g/mol. The Balaban J connectivity index is 1.33. The largest absolute Gasteiger partial charge is 0.381 e. The second kappa shape index (κ2) is 8.84. The first-order valence-corrected chi connectivity index (χ1v) is 10.8. The first-order valence-electron chi connectivity index (χ1n) is 10.8. The van der Waals surface area contributed by atoms with Crippen LogP contribution in [-0.2, 0) is 13.5 Å². The molecule has 0 unspecified atom stereocenters. The predicted octanol–water partition coefficient (Wildman–Crippen LogP) is 3.01. The minimum Gasteiger partial charge on any atom is -0.381 e. The van der Waals surface area contributed by atoms with E-state index in [1.165, 1.54) is 0 Å². The number of pyridine rings is 3. The molecule has 0 saturated carbocycles. The first-order chi connectivity index (χ1) is 15.6. The Morgan fingerprint density at radius 2 is 1.94 bits per heavy atom. The zero-order valence-corrected chi connectivity index (χ0v) is 18.0. The number of nitrogens with one attached hydrogen (secondary N) is 2. The van der Waals surface area contributed by atoms with E-state index in [4.69, 9.17) is 0 Å². The number of anilines is 1. The minimum atomic E-state index is -0.00492. The lowest BCUT2D eigenvalue weighted by atomic mass is 10.0. The molecular formula is C24H25N7O. The highest BCUT2D eigenvalue weighted by Gasteiger charge is 2.15. The molecule has 162 valence electrons. The van der Waals surface area contributed by atoms with Crippen LogP contribution in [0.15, 0.2) is 55.4 Å². The van der Waals surface area contributed by atoms with Crippen molar-refractivity contribution in [2.45, 2.75) is 25.3 Å². The Kier molecular flexibility index (Phi) is 5.60. The summed E-state index contributed by atoms with van der Waals surface area (Å²) in [5.41, 5.74) is 4.97. The van der Waals surface area contributed by atoms with E-state index < -0.39 is 0 Å². The third-order valence-electron chi connectivity index (χ3n) is 5.77. The van der Waals surface area contributed by atoms with E-state index in [1.807, 2.05) is 37.8 Å². The van der Waals surface area contributed by atoms with E-state index in [-0.39, 0.29) is 12.2 Å². The van der Waals surface area contributed by atoms with Crippen molar-refractivity contribution in [1.82, 2.24) is 30.0 Å². The molecule has 0 spiro atoms. The van der Waals surface area contributed by atoms with Crippen LogP contribution in [-0.4, -0.2) is 49.6 Å². The molecule has 0 aromatic carbocycles. The highest BCUT2D eigenvalue weighted by molar-refractivity contribution is 5.98. The highest BCUT2D eigenvalue weighted by atomic mass is 16.1. The van der Waals surface area contributed by atoms with Crippen molar-refractivity contribution in [3.05, 3.63) is 66.6 Å². The Morgan fingerprint density at radius 3 is 2.75 bits per heavy atom. The summed E-state index contributed by atoms with van der Waals surface area (Å²) in [5.74, 6) is -0.00492. The molecule has 32 heavy (non-hydrogen) atoms. The van der Waals surface area contributed by atoms with Gasteiger partial charge in [0.1, 0.15) is 0 Å². The van der Waals surface area contributed by atoms with E-state index in [9.17, 15) is 4.79 Å². The number of nitrogens with zero attached hydrogens (tertiary/aromatic N) is 5. The van der Waals surface area contributed by atoms with E-state index >= 15 is 0 Å². The van der Waals surface area contributed by atoms with E-state index in [0.717, 1.165) is 53.6 Å². The number of Topliss-reactive ketones (excluding diaryl/α,β-unsaturated/α-hetero) is 1. The number of hydrogen-bond acceptors (Lipinski definition) is 7. The molecule has 8 nitrogen and oxygen atoms in total. The van der Waals surface area contributed by atoms with Gasteiger partial charge in [0.2, 0.25) is 0 Å². The van der Waals surface area contributed by atoms with E-state index in [1.54, 1.807) is 23.3 Å². The molecule has 1 fully saturated rings. The molecule has 1 aliphatic heterocycles. The fourth-order valence-electron chi connectivity index (χ4n) is 4.04. The summed E-state index contributed by atoms with van der Waals surface area (Å²) in [6, 6.07) is 6.29. The van der Waals surface area contributed by atoms with Crippen LogP contribution in [0.5, 0.6) is 0 Å². The van der Waals surface area contributed by atoms with Gasteiger partial charge in [0, 0.05) is 65.6 Å². The number of hydrogen-bond donors (Lipinski definition) is 2. The van der Waals surface area contributed by atoms with Crippen LogP contribution in [0.1, 0.15) is 28.9 Å². The molecule has 4 aromatic heterocycles. The van der Waals surface area contributed by atoms with Gasteiger partial charge in [-0.2, -0.15) is 5.10 Å². The van der Waals surface area contributed by atoms with Crippen LogP contribution >= 0.6 is 0 Å². The maximum atomic E-state index is 12.9. The second-order valence-corrected chi connectivity index (χ2v) is 8.23. The van der Waals surface area contributed by atoms with Crippen LogP contribution < -0.4 is 10.6 Å². The first kappa shape index (κ1) is 20.3. The fraction of sp³-hybridized carbons (Fsp3) is 0.292. The number of carbonyl (C=O) groups excluding carboxylic acids is 1. The molecule has 5 rings (SSSR count). The van der Waals surface area contributed by atoms with Crippen molar-refractivity contribution in [3.63, 3.8) is 0 Å². The predicted molar refractivity (Wildman–Crippen MR) is 124 cm³/mol. The Morgan fingerprint density at radius 1 is 1.06 bits per heavy atom. The Hall–Kier alpha value is -3.65. The number of piperidine rings is 1. The number of fused-ring (bicyclic) bond motifs is 1. The summed E-state index contributed by atoms with van der Waals surface area (Å²) in [6.07, 6.45) is 13.0. The van der Waals surface area contributed by atoms with Gasteiger partial charge in [-0.3, -0.25) is 24.4 Å². The zero-order chi connectivity index (χ0) is 21.9. The number of carbonyl (C=O) groups is 1. The zero-order valence-electron chi connectivity index (χ0n) is 18.0. The maximum absolute atomic E-state index is 12.9. The van der Waals surface area contributed by atoms with Gasteiger partial charge in [-0.25, -0.2) is 0 Å². The van der Waals surface area contributed by atoms with Crippen LogP contribution in [0.25, 0.3) is 22.0 Å². The summed E-state index contributed by atoms with van der Waals surface area (Å²) in [6.45, 7) is 2.02. The van der Waals surface area contributed by atoms with Crippen molar-refractivity contribution < 1.29 is 4.79 Å². The molecule has 2 N–H and O–H groups in total. The Labute approximate surface area is 186 Å². The average molecular weight is 428 g/mol. The normalized spacial score (nSPS) is 14.5. The molecule has 5 heterocycles. The van der Waals surface area contributed by atoms with Crippen LogP contribution in [0.3, 0.4) is 0 Å². The molecule has 0 amide bonds. The van der Waals surface area contributed by atoms with E-state index in [0.29, 0.717) is 17.3 Å². The molecule has 0 bridgehead atoms. The van der Waals surface area contributed by atoms with Gasteiger partial charge in [-0.05, 0) is 44.1 Å². The number of aryl methyl sites for hydroxylation is 1. The summed E-state index contributed by atoms with van der Waals surface area (Å²) in [5, 5.41) is 12.0. The van der Waals surface area contributed by atoms with E-state index in [2.05, 4.69) is 36.8 Å². The average Bonchev–Trinajstić information content (AvgIpc) is 3.26. The second-order valence-electron chi connectivity index (χ2n) is 8.23. The van der Waals surface area contributed by atoms with Gasteiger partial charge in [0.15, 0.2) is 5.78 Å². The van der Waals surface area contributed by atoms with Crippen molar-refractivity contribution in [2.75, 3.05) is 18.4 Å². The lowest BCUT2D eigenvalue weighted by Gasteiger charge is -2.24. The highest BCUT2D eigenvalue weighted by Crippen LogP contribution is 2.23. The summed E-state index contributed by atoms with van der Waals surface area (Å²) >= 11 is 0. The molecule has 0 atom stereocenters. The smallest absolute Gasteiger partial charge is 0.170 e. The minimum absolute atomic E-state index is 0.00492. The van der Waals surface area contributed by atoms with Gasteiger partial charge in [0.05, 0.1) is 30.0 Å². The van der Waals surface area contributed by atoms with Gasteiger partial charge < -0.3 is 10.6 Å². The van der Waals surface area contributed by atoms with Gasteiger partial charge >= 0.3 is 0 Å². The molecule has 0 radical (unpaired) electrons. The lowest BCUT2D eigenvalue weighted by Crippen LogP contribution is -2.35. The van der Waals surface area contributed by atoms with Gasteiger partial charge in [-0.1, -0.05) is 0 Å². The third-order valence-corrected chi connectivity index (χ3v) is 5.77. The summed E-state index contributed by atoms with van der Waals surface area (Å²) in [4.78, 5) is 26.2.